The summed E-state index contributed by atoms with van der Waals surface area (Å²) in [5.74, 6) is 0.0815. The van der Waals surface area contributed by atoms with Crippen LogP contribution in [-0.2, 0) is 6.54 Å². The summed E-state index contributed by atoms with van der Waals surface area (Å²) in [4.78, 5) is 16.7. The fraction of sp³-hybridized carbons (Fsp3) is 0.100. The van der Waals surface area contributed by atoms with Crippen LogP contribution >= 0.6 is 0 Å². The van der Waals surface area contributed by atoms with Crippen LogP contribution in [0.4, 0.5) is 15.8 Å². The van der Waals surface area contributed by atoms with Crippen LogP contribution in [0.25, 0.3) is 0 Å². The van der Waals surface area contributed by atoms with Gasteiger partial charge in [0.15, 0.2) is 0 Å². The summed E-state index contributed by atoms with van der Waals surface area (Å²) in [5.41, 5.74) is -0.0797. The molecule has 0 fully saturated rings. The molecule has 1 aromatic heterocycles. The first-order valence-corrected chi connectivity index (χ1v) is 4.83. The fourth-order valence-corrected chi connectivity index (χ4v) is 1.34. The minimum atomic E-state index is -0.572. The van der Waals surface area contributed by atoms with Gasteiger partial charge in [-0.25, -0.2) is 9.37 Å². The molecule has 7 heteroatoms. The van der Waals surface area contributed by atoms with E-state index < -0.39 is 10.7 Å². The maximum absolute atomic E-state index is 13.3. The lowest BCUT2D eigenvalue weighted by molar-refractivity contribution is -0.384. The van der Waals surface area contributed by atoms with Crippen molar-refractivity contribution in [2.24, 2.45) is 0 Å². The Morgan fingerprint density at radius 1 is 1.53 bits per heavy atom. The summed E-state index contributed by atoms with van der Waals surface area (Å²) in [7, 11) is 0. The molecule has 1 heterocycles. The van der Waals surface area contributed by atoms with Gasteiger partial charge in [-0.15, -0.1) is 0 Å². The van der Waals surface area contributed by atoms with Gasteiger partial charge in [-0.05, 0) is 6.07 Å². The van der Waals surface area contributed by atoms with Crippen LogP contribution in [0, 0.1) is 15.9 Å². The zero-order chi connectivity index (χ0) is 12.3. The number of nitrogens with zero attached hydrogens (tertiary/aromatic N) is 2. The molecule has 0 spiro atoms. The number of halogens is 1. The summed E-state index contributed by atoms with van der Waals surface area (Å²) in [5, 5.41) is 13.3. The van der Waals surface area contributed by atoms with Gasteiger partial charge in [0.2, 0.25) is 0 Å². The molecule has 0 radical (unpaired) electrons. The number of H-pyrrole nitrogens is 1. The van der Waals surface area contributed by atoms with Gasteiger partial charge in [-0.2, -0.15) is 0 Å². The van der Waals surface area contributed by atoms with Crippen molar-refractivity contribution in [3.05, 3.63) is 52.3 Å². The number of anilines is 1. The molecular weight excluding hydrogens is 227 g/mol. The minimum Gasteiger partial charge on any atom is -0.375 e. The van der Waals surface area contributed by atoms with E-state index in [0.717, 1.165) is 18.2 Å². The molecule has 0 aliphatic carbocycles. The lowest BCUT2D eigenvalue weighted by Crippen LogP contribution is -2.03. The molecular formula is C10H9FN4O2. The van der Waals surface area contributed by atoms with Crippen LogP contribution in [0.3, 0.4) is 0 Å². The monoisotopic (exact) mass is 236 g/mol. The zero-order valence-electron chi connectivity index (χ0n) is 8.68. The first-order chi connectivity index (χ1) is 8.16. The average Bonchev–Trinajstić information content (AvgIpc) is 2.80. The van der Waals surface area contributed by atoms with E-state index in [9.17, 15) is 14.5 Å². The second kappa shape index (κ2) is 4.60. The standard InChI is InChI=1S/C10H9FN4O2/c11-8-2-1-7(15(16)17)5-9(8)14-6-10-12-3-4-13-10/h1-5,14H,6H2,(H,12,13). The molecule has 0 aliphatic rings. The molecule has 0 aliphatic heterocycles. The van der Waals surface area contributed by atoms with E-state index in [2.05, 4.69) is 15.3 Å². The first kappa shape index (κ1) is 11.1. The first-order valence-electron chi connectivity index (χ1n) is 4.83. The summed E-state index contributed by atoms with van der Waals surface area (Å²) in [6.45, 7) is 0.269. The third kappa shape index (κ3) is 2.57. The molecule has 0 unspecified atom stereocenters. The lowest BCUT2D eigenvalue weighted by Gasteiger charge is -2.05. The second-order valence-electron chi connectivity index (χ2n) is 3.31. The van der Waals surface area contributed by atoms with Crippen molar-refractivity contribution in [1.29, 1.82) is 0 Å². The molecule has 2 aromatic rings. The van der Waals surface area contributed by atoms with Gasteiger partial charge in [0, 0.05) is 24.5 Å². The fourth-order valence-electron chi connectivity index (χ4n) is 1.34. The number of benzene rings is 1. The van der Waals surface area contributed by atoms with E-state index in [1.165, 1.54) is 0 Å². The normalized spacial score (nSPS) is 10.2. The number of nitro groups is 1. The van der Waals surface area contributed by atoms with Gasteiger partial charge in [0.05, 0.1) is 17.2 Å². The minimum absolute atomic E-state index is 0.0793. The number of non-ortho nitro benzene ring substituents is 1. The molecule has 0 saturated carbocycles. The van der Waals surface area contributed by atoms with Crippen molar-refractivity contribution in [3.8, 4) is 0 Å². The Morgan fingerprint density at radius 2 is 2.35 bits per heavy atom. The van der Waals surface area contributed by atoms with Crippen LogP contribution in [0.5, 0.6) is 0 Å². The summed E-state index contributed by atoms with van der Waals surface area (Å²) >= 11 is 0. The lowest BCUT2D eigenvalue weighted by atomic mass is 10.2. The highest BCUT2D eigenvalue weighted by molar-refractivity contribution is 5.52. The third-order valence-electron chi connectivity index (χ3n) is 2.16. The molecule has 17 heavy (non-hydrogen) atoms. The van der Waals surface area contributed by atoms with Crippen molar-refractivity contribution >= 4 is 11.4 Å². The number of imidazole rings is 1. The van der Waals surface area contributed by atoms with Crippen LogP contribution in [0.1, 0.15) is 5.82 Å². The second-order valence-corrected chi connectivity index (χ2v) is 3.31. The van der Waals surface area contributed by atoms with Crippen LogP contribution in [0.2, 0.25) is 0 Å². The molecule has 2 N–H and O–H groups in total. The van der Waals surface area contributed by atoms with E-state index in [1.54, 1.807) is 12.4 Å². The SMILES string of the molecule is O=[N+]([O-])c1ccc(F)c(NCc2ncc[nH]2)c1. The number of nitrogens with one attached hydrogen (secondary N) is 2. The Labute approximate surface area is 95.7 Å². The van der Waals surface area contributed by atoms with Crippen molar-refractivity contribution < 1.29 is 9.31 Å². The number of aromatic amines is 1. The molecule has 0 amide bonds. The maximum atomic E-state index is 13.3. The Hall–Kier alpha value is -2.44. The van der Waals surface area contributed by atoms with Crippen LogP contribution in [-0.4, -0.2) is 14.9 Å². The highest BCUT2D eigenvalue weighted by Crippen LogP contribution is 2.21. The van der Waals surface area contributed by atoms with Gasteiger partial charge < -0.3 is 10.3 Å². The van der Waals surface area contributed by atoms with E-state index in [-0.39, 0.29) is 17.9 Å². The highest BCUT2D eigenvalue weighted by atomic mass is 19.1. The van der Waals surface area contributed by atoms with Gasteiger partial charge >= 0.3 is 0 Å². The third-order valence-corrected chi connectivity index (χ3v) is 2.16. The van der Waals surface area contributed by atoms with E-state index >= 15 is 0 Å². The molecule has 88 valence electrons. The molecule has 6 nitrogen and oxygen atoms in total. The number of rotatable bonds is 4. The average molecular weight is 236 g/mol. The molecule has 0 bridgehead atoms. The summed E-state index contributed by atoms with van der Waals surface area (Å²) in [6.07, 6.45) is 3.21. The Kier molecular flexibility index (Phi) is 2.99. The van der Waals surface area contributed by atoms with Gasteiger partial charge in [0.25, 0.3) is 5.69 Å². The zero-order valence-corrected chi connectivity index (χ0v) is 8.68. The topological polar surface area (TPSA) is 83.8 Å². The van der Waals surface area contributed by atoms with Gasteiger partial charge in [-0.3, -0.25) is 10.1 Å². The van der Waals surface area contributed by atoms with Crippen LogP contribution < -0.4 is 5.32 Å². The van der Waals surface area contributed by atoms with E-state index in [0.29, 0.717) is 5.82 Å². The summed E-state index contributed by atoms with van der Waals surface area (Å²) in [6, 6.07) is 3.33. The Balaban J connectivity index is 2.14. The number of hydrogen-bond acceptors (Lipinski definition) is 4. The smallest absolute Gasteiger partial charge is 0.271 e. The predicted molar refractivity (Wildman–Crippen MR) is 59.0 cm³/mol. The quantitative estimate of drug-likeness (QED) is 0.628. The summed E-state index contributed by atoms with van der Waals surface area (Å²) < 4.78 is 13.3. The van der Waals surface area contributed by atoms with Crippen LogP contribution in [0.15, 0.2) is 30.6 Å². The van der Waals surface area contributed by atoms with Crippen molar-refractivity contribution in [3.63, 3.8) is 0 Å². The van der Waals surface area contributed by atoms with Gasteiger partial charge in [0.1, 0.15) is 11.6 Å². The molecule has 0 atom stereocenters. The van der Waals surface area contributed by atoms with Crippen molar-refractivity contribution in [2.75, 3.05) is 5.32 Å². The Bertz CT molecular complexity index is 527. The Morgan fingerprint density at radius 3 is 3.00 bits per heavy atom. The van der Waals surface area contributed by atoms with Crippen molar-refractivity contribution in [1.82, 2.24) is 9.97 Å². The van der Waals surface area contributed by atoms with Crippen molar-refractivity contribution in [2.45, 2.75) is 6.54 Å². The highest BCUT2D eigenvalue weighted by Gasteiger charge is 2.10. The van der Waals surface area contributed by atoms with Gasteiger partial charge in [-0.1, -0.05) is 0 Å². The number of aromatic nitrogens is 2. The maximum Gasteiger partial charge on any atom is 0.271 e. The van der Waals surface area contributed by atoms with E-state index in [4.69, 9.17) is 0 Å². The predicted octanol–water partition coefficient (Wildman–Crippen LogP) is 2.07. The molecule has 1 aromatic carbocycles. The number of nitro benzene ring substituents is 1. The largest absolute Gasteiger partial charge is 0.375 e. The molecule has 2 rings (SSSR count). The number of hydrogen-bond donors (Lipinski definition) is 2. The van der Waals surface area contributed by atoms with E-state index in [1.807, 2.05) is 0 Å². The molecule has 0 saturated heterocycles.